The number of hydrogen-bond donors (Lipinski definition) is 2. The minimum absolute atomic E-state index is 0.0783. The molecule has 0 unspecified atom stereocenters. The van der Waals surface area contributed by atoms with Crippen LogP contribution in [0.1, 0.15) is 5.56 Å². The number of hydrogen-bond acceptors (Lipinski definition) is 2. The largest absolute Gasteiger partial charge is 0.395 e. The van der Waals surface area contributed by atoms with Crippen molar-refractivity contribution < 1.29 is 18.7 Å². The van der Waals surface area contributed by atoms with Gasteiger partial charge in [-0.1, -0.05) is 6.07 Å². The van der Waals surface area contributed by atoms with Gasteiger partial charge in [0.25, 0.3) is 0 Å². The smallest absolute Gasteiger partial charge is 0.224 e. The van der Waals surface area contributed by atoms with Gasteiger partial charge in [-0.05, 0) is 12.1 Å². The number of aliphatic hydroxyl groups excluding tert-OH is 1. The van der Waals surface area contributed by atoms with Crippen LogP contribution in [0.2, 0.25) is 0 Å². The van der Waals surface area contributed by atoms with E-state index in [1.807, 2.05) is 0 Å². The third-order valence-corrected chi connectivity index (χ3v) is 1.83. The van der Waals surface area contributed by atoms with Crippen molar-refractivity contribution in [1.29, 1.82) is 0 Å². The Morgan fingerprint density at radius 2 is 1.93 bits per heavy atom. The minimum atomic E-state index is -0.742. The predicted octanol–water partition coefficient (Wildman–Crippen LogP) is 0.616. The molecule has 15 heavy (non-hydrogen) atoms. The number of carbonyl (C=O) groups is 1. The van der Waals surface area contributed by atoms with Gasteiger partial charge in [-0.3, -0.25) is 4.79 Å². The van der Waals surface area contributed by atoms with E-state index in [0.29, 0.717) is 0 Å². The van der Waals surface area contributed by atoms with Crippen molar-refractivity contribution in [1.82, 2.24) is 5.32 Å². The molecule has 0 heterocycles. The summed E-state index contributed by atoms with van der Waals surface area (Å²) in [7, 11) is 0. The Balaban J connectivity index is 2.68. The average molecular weight is 215 g/mol. The van der Waals surface area contributed by atoms with E-state index in [1.165, 1.54) is 6.07 Å². The van der Waals surface area contributed by atoms with E-state index in [0.717, 1.165) is 12.1 Å². The highest BCUT2D eigenvalue weighted by Crippen LogP contribution is 2.12. The molecule has 0 aliphatic heterocycles. The van der Waals surface area contributed by atoms with Gasteiger partial charge in [0.2, 0.25) is 5.91 Å². The van der Waals surface area contributed by atoms with Crippen molar-refractivity contribution in [3.05, 3.63) is 35.4 Å². The SMILES string of the molecule is O=C(Cc1c(F)cccc1F)NCCO. The van der Waals surface area contributed by atoms with Crippen molar-refractivity contribution in [2.45, 2.75) is 6.42 Å². The zero-order valence-corrected chi connectivity index (χ0v) is 7.96. The van der Waals surface area contributed by atoms with Gasteiger partial charge in [0.1, 0.15) is 11.6 Å². The van der Waals surface area contributed by atoms with Crippen LogP contribution in [-0.2, 0) is 11.2 Å². The lowest BCUT2D eigenvalue weighted by molar-refractivity contribution is -0.120. The molecule has 0 aliphatic rings. The van der Waals surface area contributed by atoms with E-state index >= 15 is 0 Å². The van der Waals surface area contributed by atoms with Crippen molar-refractivity contribution in [2.24, 2.45) is 0 Å². The Morgan fingerprint density at radius 1 is 1.33 bits per heavy atom. The lowest BCUT2D eigenvalue weighted by Gasteiger charge is -2.05. The summed E-state index contributed by atoms with van der Waals surface area (Å²) >= 11 is 0. The van der Waals surface area contributed by atoms with E-state index in [1.54, 1.807) is 0 Å². The number of nitrogens with one attached hydrogen (secondary N) is 1. The molecule has 0 aliphatic carbocycles. The number of halogens is 2. The maximum Gasteiger partial charge on any atom is 0.224 e. The Morgan fingerprint density at radius 3 is 2.47 bits per heavy atom. The molecule has 0 radical (unpaired) electrons. The zero-order valence-electron chi connectivity index (χ0n) is 7.96. The van der Waals surface area contributed by atoms with Crippen LogP contribution in [0.4, 0.5) is 8.78 Å². The zero-order chi connectivity index (χ0) is 11.3. The molecule has 0 fully saturated rings. The Hall–Kier alpha value is -1.49. The Kier molecular flexibility index (Phi) is 4.17. The summed E-state index contributed by atoms with van der Waals surface area (Å²) in [6.45, 7) is -0.125. The molecule has 0 bridgehead atoms. The number of rotatable bonds is 4. The molecule has 2 N–H and O–H groups in total. The second-order valence-electron chi connectivity index (χ2n) is 2.95. The van der Waals surface area contributed by atoms with Gasteiger partial charge in [0.05, 0.1) is 13.0 Å². The van der Waals surface area contributed by atoms with Gasteiger partial charge in [0.15, 0.2) is 0 Å². The van der Waals surface area contributed by atoms with E-state index in [-0.39, 0.29) is 25.1 Å². The summed E-state index contributed by atoms with van der Waals surface area (Å²) < 4.78 is 26.1. The highest BCUT2D eigenvalue weighted by atomic mass is 19.1. The summed E-state index contributed by atoms with van der Waals surface area (Å²) in [6, 6.07) is 3.43. The normalized spacial score (nSPS) is 10.1. The number of carbonyl (C=O) groups excluding carboxylic acids is 1. The third-order valence-electron chi connectivity index (χ3n) is 1.83. The molecule has 3 nitrogen and oxygen atoms in total. The fraction of sp³-hybridized carbons (Fsp3) is 0.300. The molecule has 5 heteroatoms. The second kappa shape index (κ2) is 5.41. The number of benzene rings is 1. The Bertz CT molecular complexity index is 335. The van der Waals surface area contributed by atoms with Crippen LogP contribution >= 0.6 is 0 Å². The van der Waals surface area contributed by atoms with Crippen LogP contribution in [0.5, 0.6) is 0 Å². The Labute approximate surface area is 85.7 Å². The summed E-state index contributed by atoms with van der Waals surface area (Å²) in [4.78, 5) is 11.1. The number of aliphatic hydroxyl groups is 1. The molecule has 0 saturated heterocycles. The van der Waals surface area contributed by atoms with Crippen LogP contribution in [0.3, 0.4) is 0 Å². The molecule has 1 amide bonds. The summed E-state index contributed by atoms with van der Waals surface area (Å²) in [6.07, 6.45) is -0.363. The highest BCUT2D eigenvalue weighted by molar-refractivity contribution is 5.78. The van der Waals surface area contributed by atoms with Gasteiger partial charge in [-0.2, -0.15) is 0 Å². The standard InChI is InChI=1S/C10H11F2NO2/c11-8-2-1-3-9(12)7(8)6-10(15)13-4-5-14/h1-3,14H,4-6H2,(H,13,15). The second-order valence-corrected chi connectivity index (χ2v) is 2.95. The molecule has 82 valence electrons. The summed E-state index contributed by atoms with van der Waals surface area (Å²) in [5.41, 5.74) is -0.257. The van der Waals surface area contributed by atoms with E-state index in [2.05, 4.69) is 5.32 Å². The molecule has 0 atom stereocenters. The summed E-state index contributed by atoms with van der Waals surface area (Å²) in [5.74, 6) is -2.00. The monoisotopic (exact) mass is 215 g/mol. The molecule has 1 aromatic carbocycles. The minimum Gasteiger partial charge on any atom is -0.395 e. The molecule has 0 spiro atoms. The number of amides is 1. The topological polar surface area (TPSA) is 49.3 Å². The van der Waals surface area contributed by atoms with E-state index < -0.39 is 17.5 Å². The van der Waals surface area contributed by atoms with Gasteiger partial charge in [0, 0.05) is 12.1 Å². The average Bonchev–Trinajstić information content (AvgIpc) is 2.21. The first kappa shape index (κ1) is 11.6. The third kappa shape index (κ3) is 3.28. The first-order valence-electron chi connectivity index (χ1n) is 4.45. The van der Waals surface area contributed by atoms with Gasteiger partial charge >= 0.3 is 0 Å². The van der Waals surface area contributed by atoms with Crippen LogP contribution in [0.25, 0.3) is 0 Å². The van der Waals surface area contributed by atoms with Crippen LogP contribution in [0.15, 0.2) is 18.2 Å². The molecule has 0 saturated carbocycles. The first-order valence-corrected chi connectivity index (χ1v) is 4.45. The predicted molar refractivity (Wildman–Crippen MR) is 50.2 cm³/mol. The fourth-order valence-corrected chi connectivity index (χ4v) is 1.12. The van der Waals surface area contributed by atoms with Gasteiger partial charge in [-0.15, -0.1) is 0 Å². The van der Waals surface area contributed by atoms with Crippen molar-refractivity contribution >= 4 is 5.91 Å². The van der Waals surface area contributed by atoms with Crippen LogP contribution in [0, 0.1) is 11.6 Å². The lowest BCUT2D eigenvalue weighted by Crippen LogP contribution is -2.28. The van der Waals surface area contributed by atoms with Crippen LogP contribution in [-0.4, -0.2) is 24.2 Å². The first-order chi connectivity index (χ1) is 7.15. The summed E-state index contributed by atoms with van der Waals surface area (Å²) in [5, 5.41) is 10.7. The van der Waals surface area contributed by atoms with Crippen LogP contribution < -0.4 is 5.32 Å². The molecular formula is C10H11F2NO2. The molecular weight excluding hydrogens is 204 g/mol. The highest BCUT2D eigenvalue weighted by Gasteiger charge is 2.12. The van der Waals surface area contributed by atoms with Crippen molar-refractivity contribution in [3.63, 3.8) is 0 Å². The quantitative estimate of drug-likeness (QED) is 0.773. The maximum atomic E-state index is 13.1. The van der Waals surface area contributed by atoms with Crippen molar-refractivity contribution in [3.8, 4) is 0 Å². The molecule has 1 rings (SSSR count). The fourth-order valence-electron chi connectivity index (χ4n) is 1.12. The molecule has 0 aromatic heterocycles. The maximum absolute atomic E-state index is 13.1. The van der Waals surface area contributed by atoms with Crippen molar-refractivity contribution in [2.75, 3.05) is 13.2 Å². The van der Waals surface area contributed by atoms with Gasteiger partial charge in [-0.25, -0.2) is 8.78 Å². The van der Waals surface area contributed by atoms with E-state index in [4.69, 9.17) is 5.11 Å². The lowest BCUT2D eigenvalue weighted by atomic mass is 10.1. The molecule has 1 aromatic rings. The van der Waals surface area contributed by atoms with E-state index in [9.17, 15) is 13.6 Å². The van der Waals surface area contributed by atoms with Gasteiger partial charge < -0.3 is 10.4 Å².